The number of halogens is 5. The van der Waals surface area contributed by atoms with Gasteiger partial charge in [0.05, 0.1) is 23.5 Å². The van der Waals surface area contributed by atoms with Crippen LogP contribution in [0.1, 0.15) is 25.3 Å². The van der Waals surface area contributed by atoms with Gasteiger partial charge in [-0.2, -0.15) is 13.2 Å². The Labute approximate surface area is 169 Å². The van der Waals surface area contributed by atoms with Crippen LogP contribution in [-0.2, 0) is 6.18 Å². The summed E-state index contributed by atoms with van der Waals surface area (Å²) in [6.45, 7) is 1.58. The molecule has 1 aliphatic carbocycles. The predicted octanol–water partition coefficient (Wildman–Crippen LogP) is 4.38. The Balaban J connectivity index is 1.64. The minimum absolute atomic E-state index is 0.106. The van der Waals surface area contributed by atoms with E-state index in [1.54, 1.807) is 19.1 Å². The number of alkyl halides is 5. The number of fused-ring (bicyclic) bond motifs is 1. The van der Waals surface area contributed by atoms with Crippen molar-refractivity contribution in [1.29, 1.82) is 0 Å². The molecule has 0 amide bonds. The first kappa shape index (κ1) is 20.5. The van der Waals surface area contributed by atoms with E-state index in [0.29, 0.717) is 16.9 Å². The van der Waals surface area contributed by atoms with Gasteiger partial charge in [-0.25, -0.2) is 18.3 Å². The molecule has 0 unspecified atom stereocenters. The smallest absolute Gasteiger partial charge is 0.363 e. The van der Waals surface area contributed by atoms with E-state index in [2.05, 4.69) is 15.4 Å². The Hall–Kier alpha value is -2.75. The van der Waals surface area contributed by atoms with Crippen LogP contribution in [-0.4, -0.2) is 38.5 Å². The first-order valence-electron chi connectivity index (χ1n) is 9.44. The molecule has 1 aromatic carbocycles. The van der Waals surface area contributed by atoms with Crippen molar-refractivity contribution in [2.45, 2.75) is 49.9 Å². The van der Waals surface area contributed by atoms with Gasteiger partial charge < -0.3 is 11.1 Å². The zero-order valence-electron chi connectivity index (χ0n) is 16.0. The standard InChI is InChI=1S/C20H20F5N5/c1-11(19(22)8-14(21)15(26)9-19)28-17-5-6-18-27-10-16(30(18)29-17)12-3-2-4-13(7-12)20(23,24)25/h2-7,10-11,14-15H,8-9,26H2,1H3,(H,28,29)/t11-,14+,15-,19-/m1/s1. The molecule has 0 aliphatic heterocycles. The molecular formula is C20H20F5N5. The third-order valence-corrected chi connectivity index (χ3v) is 5.56. The van der Waals surface area contributed by atoms with Crippen LogP contribution in [0.3, 0.4) is 0 Å². The second-order valence-electron chi connectivity index (χ2n) is 7.70. The number of anilines is 1. The summed E-state index contributed by atoms with van der Waals surface area (Å²) in [5.41, 5.74) is 4.08. The molecule has 1 fully saturated rings. The van der Waals surface area contributed by atoms with Crippen molar-refractivity contribution in [3.63, 3.8) is 0 Å². The molecule has 30 heavy (non-hydrogen) atoms. The highest BCUT2D eigenvalue weighted by Gasteiger charge is 2.48. The summed E-state index contributed by atoms with van der Waals surface area (Å²) >= 11 is 0. The number of benzene rings is 1. The van der Waals surface area contributed by atoms with Crippen LogP contribution < -0.4 is 11.1 Å². The molecule has 160 valence electrons. The Kier molecular flexibility index (Phi) is 4.92. The Bertz CT molecular complexity index is 1050. The van der Waals surface area contributed by atoms with Crippen LogP contribution in [0.2, 0.25) is 0 Å². The highest BCUT2D eigenvalue weighted by Crippen LogP contribution is 2.38. The Morgan fingerprint density at radius 3 is 2.67 bits per heavy atom. The third kappa shape index (κ3) is 3.71. The fourth-order valence-electron chi connectivity index (χ4n) is 3.79. The van der Waals surface area contributed by atoms with E-state index in [0.717, 1.165) is 12.1 Å². The molecule has 3 N–H and O–H groups in total. The normalized spacial score (nSPS) is 25.6. The highest BCUT2D eigenvalue weighted by molar-refractivity contribution is 5.64. The average Bonchev–Trinajstić information content (AvgIpc) is 3.21. The summed E-state index contributed by atoms with van der Waals surface area (Å²) in [5, 5.41) is 7.28. The van der Waals surface area contributed by atoms with E-state index in [4.69, 9.17) is 5.73 Å². The molecule has 1 aliphatic rings. The molecule has 10 heteroatoms. The van der Waals surface area contributed by atoms with Gasteiger partial charge in [-0.15, -0.1) is 5.10 Å². The van der Waals surface area contributed by atoms with Gasteiger partial charge in [0.2, 0.25) is 0 Å². The van der Waals surface area contributed by atoms with E-state index in [1.165, 1.54) is 22.8 Å². The molecule has 4 atom stereocenters. The maximum Gasteiger partial charge on any atom is 0.416 e. The number of rotatable bonds is 4. The minimum Gasteiger partial charge on any atom is -0.363 e. The lowest BCUT2D eigenvalue weighted by Crippen LogP contribution is -2.40. The summed E-state index contributed by atoms with van der Waals surface area (Å²) in [4.78, 5) is 4.17. The topological polar surface area (TPSA) is 68.2 Å². The number of nitrogens with zero attached hydrogens (tertiary/aromatic N) is 3. The minimum atomic E-state index is -4.47. The molecule has 3 aromatic rings. The van der Waals surface area contributed by atoms with Crippen molar-refractivity contribution < 1.29 is 22.0 Å². The molecular weight excluding hydrogens is 405 g/mol. The van der Waals surface area contributed by atoms with Crippen molar-refractivity contribution in [3.8, 4) is 11.3 Å². The van der Waals surface area contributed by atoms with Gasteiger partial charge in [-0.05, 0) is 31.2 Å². The SMILES string of the molecule is C[C@@H](Nc1ccc2ncc(-c3cccc(C(F)(F)F)c3)n2n1)[C@]1(F)C[C@@H](N)[C@@H](F)C1. The molecule has 5 nitrogen and oxygen atoms in total. The molecule has 0 radical (unpaired) electrons. The molecule has 0 saturated heterocycles. The van der Waals surface area contributed by atoms with Crippen molar-refractivity contribution in [1.82, 2.24) is 14.6 Å². The second-order valence-corrected chi connectivity index (χ2v) is 7.70. The Morgan fingerprint density at radius 1 is 1.23 bits per heavy atom. The first-order chi connectivity index (χ1) is 14.1. The maximum absolute atomic E-state index is 15.1. The fourth-order valence-corrected chi connectivity index (χ4v) is 3.79. The molecule has 4 rings (SSSR count). The predicted molar refractivity (Wildman–Crippen MR) is 102 cm³/mol. The Morgan fingerprint density at radius 2 is 2.00 bits per heavy atom. The van der Waals surface area contributed by atoms with Gasteiger partial charge in [-0.3, -0.25) is 0 Å². The van der Waals surface area contributed by atoms with E-state index >= 15 is 4.39 Å². The van der Waals surface area contributed by atoms with Crippen LogP contribution in [0.5, 0.6) is 0 Å². The number of imidazole rings is 1. The summed E-state index contributed by atoms with van der Waals surface area (Å²) in [6, 6.07) is 6.42. The van der Waals surface area contributed by atoms with Crippen molar-refractivity contribution in [3.05, 3.63) is 48.2 Å². The van der Waals surface area contributed by atoms with E-state index in [-0.39, 0.29) is 18.7 Å². The number of hydrogen-bond acceptors (Lipinski definition) is 4. The van der Waals surface area contributed by atoms with Crippen molar-refractivity contribution in [2.75, 3.05) is 5.32 Å². The lowest BCUT2D eigenvalue weighted by atomic mass is 9.95. The van der Waals surface area contributed by atoms with Crippen LogP contribution in [0.4, 0.5) is 27.8 Å². The van der Waals surface area contributed by atoms with Crippen LogP contribution in [0, 0.1) is 0 Å². The van der Waals surface area contributed by atoms with Gasteiger partial charge in [0.25, 0.3) is 0 Å². The molecule has 1 saturated carbocycles. The molecule has 0 bridgehead atoms. The summed E-state index contributed by atoms with van der Waals surface area (Å²) in [5.74, 6) is 0.286. The van der Waals surface area contributed by atoms with E-state index in [9.17, 15) is 17.6 Å². The number of nitrogens with two attached hydrogens (primary N) is 1. The van der Waals surface area contributed by atoms with Crippen LogP contribution in [0.25, 0.3) is 16.9 Å². The number of hydrogen-bond donors (Lipinski definition) is 2. The van der Waals surface area contributed by atoms with Gasteiger partial charge in [0, 0.05) is 24.4 Å². The fraction of sp³-hybridized carbons (Fsp3) is 0.400. The zero-order valence-corrected chi connectivity index (χ0v) is 16.0. The molecule has 0 spiro atoms. The zero-order chi connectivity index (χ0) is 21.7. The van der Waals surface area contributed by atoms with E-state index < -0.39 is 35.7 Å². The number of aromatic nitrogens is 3. The van der Waals surface area contributed by atoms with Gasteiger partial charge in [0.15, 0.2) is 5.65 Å². The van der Waals surface area contributed by atoms with Gasteiger partial charge in [-0.1, -0.05) is 12.1 Å². The van der Waals surface area contributed by atoms with Crippen LogP contribution >= 0.6 is 0 Å². The maximum atomic E-state index is 15.1. The first-order valence-corrected chi connectivity index (χ1v) is 9.44. The lowest BCUT2D eigenvalue weighted by Gasteiger charge is -2.28. The second kappa shape index (κ2) is 7.19. The van der Waals surface area contributed by atoms with Crippen molar-refractivity contribution >= 4 is 11.5 Å². The van der Waals surface area contributed by atoms with Gasteiger partial charge >= 0.3 is 6.18 Å². The quantitative estimate of drug-likeness (QED) is 0.609. The van der Waals surface area contributed by atoms with Crippen molar-refractivity contribution in [2.24, 2.45) is 5.73 Å². The third-order valence-electron chi connectivity index (χ3n) is 5.56. The summed E-state index contributed by atoms with van der Waals surface area (Å²) in [7, 11) is 0. The lowest BCUT2D eigenvalue weighted by molar-refractivity contribution is -0.137. The average molecular weight is 425 g/mol. The highest BCUT2D eigenvalue weighted by atomic mass is 19.4. The number of nitrogens with one attached hydrogen (secondary N) is 1. The molecule has 2 heterocycles. The monoisotopic (exact) mass is 425 g/mol. The van der Waals surface area contributed by atoms with E-state index in [1.807, 2.05) is 0 Å². The molecule has 2 aromatic heterocycles. The largest absolute Gasteiger partial charge is 0.416 e. The summed E-state index contributed by atoms with van der Waals surface area (Å²) in [6.07, 6.45) is -4.87. The van der Waals surface area contributed by atoms with Gasteiger partial charge in [0.1, 0.15) is 17.7 Å². The summed E-state index contributed by atoms with van der Waals surface area (Å²) < 4.78 is 69.4. The van der Waals surface area contributed by atoms with Crippen LogP contribution in [0.15, 0.2) is 42.6 Å².